The van der Waals surface area contributed by atoms with Crippen LogP contribution < -0.4 is 10.6 Å². The van der Waals surface area contributed by atoms with Crippen molar-refractivity contribution in [2.45, 2.75) is 19.4 Å². The van der Waals surface area contributed by atoms with E-state index in [4.69, 9.17) is 11.6 Å². The minimum atomic E-state index is -1.43. The van der Waals surface area contributed by atoms with Gasteiger partial charge in [-0.2, -0.15) is 0 Å². The van der Waals surface area contributed by atoms with Crippen LogP contribution in [0.2, 0.25) is 5.02 Å². The molecule has 4 amide bonds. The lowest BCUT2D eigenvalue weighted by Gasteiger charge is -2.23. The number of benzene rings is 2. The number of halogens is 1. The van der Waals surface area contributed by atoms with E-state index in [-0.39, 0.29) is 11.4 Å². The molecule has 0 aromatic heterocycles. The Balaban J connectivity index is 1.80. The molecule has 2 N–H and O–H groups in total. The van der Waals surface area contributed by atoms with E-state index < -0.39 is 34.9 Å². The Morgan fingerprint density at radius 3 is 2.62 bits per heavy atom. The number of nitro groups is 1. The van der Waals surface area contributed by atoms with Crippen molar-refractivity contribution in [2.75, 3.05) is 11.9 Å². The fraction of sp³-hybridized carbons (Fsp3) is 0.211. The van der Waals surface area contributed by atoms with Gasteiger partial charge in [0.15, 0.2) is 0 Å². The number of hydrogen-bond acceptors (Lipinski definition) is 5. The lowest BCUT2D eigenvalue weighted by atomic mass is 9.92. The van der Waals surface area contributed by atoms with Gasteiger partial charge >= 0.3 is 6.03 Å². The lowest BCUT2D eigenvalue weighted by molar-refractivity contribution is -0.384. The summed E-state index contributed by atoms with van der Waals surface area (Å²) in [4.78, 5) is 49.0. The number of nitrogens with one attached hydrogen (secondary N) is 2. The highest BCUT2D eigenvalue weighted by Gasteiger charge is 2.50. The van der Waals surface area contributed by atoms with Crippen LogP contribution in [0.25, 0.3) is 0 Å². The third-order valence-electron chi connectivity index (χ3n) is 4.61. The highest BCUT2D eigenvalue weighted by atomic mass is 35.5. The van der Waals surface area contributed by atoms with Gasteiger partial charge in [-0.3, -0.25) is 24.6 Å². The van der Waals surface area contributed by atoms with Crippen molar-refractivity contribution < 1.29 is 19.3 Å². The van der Waals surface area contributed by atoms with Crippen LogP contribution >= 0.6 is 11.6 Å². The SMILES string of the molecule is Cc1ccc(NC(=O)CN2C(=O)NC(C)(c3ccccc3Cl)C2=O)c([N+](=O)[O-])c1. The number of urea groups is 1. The van der Waals surface area contributed by atoms with Crippen molar-refractivity contribution in [1.29, 1.82) is 0 Å². The first-order chi connectivity index (χ1) is 13.6. The quantitative estimate of drug-likeness (QED) is 0.441. The van der Waals surface area contributed by atoms with E-state index in [2.05, 4.69) is 10.6 Å². The first-order valence-corrected chi connectivity index (χ1v) is 8.95. The molecule has 1 saturated heterocycles. The van der Waals surface area contributed by atoms with Crippen LogP contribution in [0.5, 0.6) is 0 Å². The monoisotopic (exact) mass is 416 g/mol. The second kappa shape index (κ2) is 7.51. The van der Waals surface area contributed by atoms with Crippen molar-refractivity contribution in [2.24, 2.45) is 0 Å². The van der Waals surface area contributed by atoms with Crippen molar-refractivity contribution in [1.82, 2.24) is 10.2 Å². The Morgan fingerprint density at radius 2 is 1.97 bits per heavy atom. The Kier molecular flexibility index (Phi) is 5.25. The van der Waals surface area contributed by atoms with Gasteiger partial charge in [-0.15, -0.1) is 0 Å². The predicted molar refractivity (Wildman–Crippen MR) is 106 cm³/mol. The molecule has 0 radical (unpaired) electrons. The van der Waals surface area contributed by atoms with E-state index in [1.54, 1.807) is 37.3 Å². The topological polar surface area (TPSA) is 122 Å². The number of carbonyl (C=O) groups excluding carboxylic acids is 3. The molecule has 1 aliphatic heterocycles. The van der Waals surface area contributed by atoms with Crippen molar-refractivity contribution >= 4 is 40.8 Å². The van der Waals surface area contributed by atoms with Crippen molar-refractivity contribution in [3.8, 4) is 0 Å². The second-order valence-corrected chi connectivity index (χ2v) is 7.16. The van der Waals surface area contributed by atoms with Gasteiger partial charge in [0.1, 0.15) is 17.8 Å². The number of anilines is 1. The maximum Gasteiger partial charge on any atom is 0.325 e. The molecule has 1 heterocycles. The lowest BCUT2D eigenvalue weighted by Crippen LogP contribution is -2.42. The summed E-state index contributed by atoms with van der Waals surface area (Å²) in [5.41, 5.74) is -0.676. The van der Waals surface area contributed by atoms with Gasteiger partial charge < -0.3 is 10.6 Å². The van der Waals surface area contributed by atoms with Crippen LogP contribution in [-0.2, 0) is 15.1 Å². The summed E-state index contributed by atoms with van der Waals surface area (Å²) in [6.45, 7) is 2.58. The second-order valence-electron chi connectivity index (χ2n) is 6.75. The summed E-state index contributed by atoms with van der Waals surface area (Å²) in [6, 6.07) is 10.1. The van der Waals surface area contributed by atoms with E-state index in [9.17, 15) is 24.5 Å². The molecule has 1 atom stereocenters. The number of nitro benzene ring substituents is 1. The van der Waals surface area contributed by atoms with E-state index in [0.29, 0.717) is 16.1 Å². The molecule has 1 fully saturated rings. The fourth-order valence-electron chi connectivity index (χ4n) is 3.12. The number of rotatable bonds is 5. The minimum absolute atomic E-state index is 0.0217. The smallest absolute Gasteiger partial charge is 0.319 e. The Labute approximate surface area is 170 Å². The summed E-state index contributed by atoms with van der Waals surface area (Å²) in [7, 11) is 0. The minimum Gasteiger partial charge on any atom is -0.319 e. The molecule has 2 aromatic rings. The van der Waals surface area contributed by atoms with Gasteiger partial charge in [0.25, 0.3) is 11.6 Å². The maximum atomic E-state index is 12.9. The number of amides is 4. The van der Waals surface area contributed by atoms with Gasteiger partial charge in [-0.25, -0.2) is 4.79 Å². The number of aryl methyl sites for hydroxylation is 1. The van der Waals surface area contributed by atoms with Crippen LogP contribution in [0, 0.1) is 17.0 Å². The molecule has 0 spiro atoms. The van der Waals surface area contributed by atoms with E-state index >= 15 is 0 Å². The maximum absolute atomic E-state index is 12.9. The van der Waals surface area contributed by atoms with Crippen molar-refractivity contribution in [3.63, 3.8) is 0 Å². The fourth-order valence-corrected chi connectivity index (χ4v) is 3.45. The molecule has 1 unspecified atom stereocenters. The zero-order chi connectivity index (χ0) is 21.3. The zero-order valence-corrected chi connectivity index (χ0v) is 16.3. The largest absolute Gasteiger partial charge is 0.325 e. The number of nitrogens with zero attached hydrogens (tertiary/aromatic N) is 2. The molecule has 10 heteroatoms. The Morgan fingerprint density at radius 1 is 1.28 bits per heavy atom. The number of carbonyl (C=O) groups is 3. The summed E-state index contributed by atoms with van der Waals surface area (Å²) < 4.78 is 0. The molecule has 2 aromatic carbocycles. The standard InChI is InChI=1S/C19H17ClN4O5/c1-11-7-8-14(15(9-11)24(28)29)21-16(25)10-23-17(26)19(2,22-18(23)27)12-5-3-4-6-13(12)20/h3-9H,10H2,1-2H3,(H,21,25)(H,22,27). The summed E-state index contributed by atoms with van der Waals surface area (Å²) in [5, 5.41) is 16.4. The molecule has 0 aliphatic carbocycles. The van der Waals surface area contributed by atoms with Gasteiger partial charge in [-0.1, -0.05) is 35.9 Å². The molecular formula is C19H17ClN4O5. The van der Waals surface area contributed by atoms with Gasteiger partial charge in [0, 0.05) is 16.7 Å². The van der Waals surface area contributed by atoms with E-state index in [0.717, 1.165) is 4.90 Å². The van der Waals surface area contributed by atoms with Crippen LogP contribution in [0.15, 0.2) is 42.5 Å². The van der Waals surface area contributed by atoms with Crippen molar-refractivity contribution in [3.05, 3.63) is 68.7 Å². The first-order valence-electron chi connectivity index (χ1n) is 8.57. The number of imide groups is 1. The van der Waals surface area contributed by atoms with Crippen LogP contribution in [0.4, 0.5) is 16.2 Å². The molecule has 0 bridgehead atoms. The molecule has 29 heavy (non-hydrogen) atoms. The Bertz CT molecular complexity index is 1040. The first kappa shape index (κ1) is 20.3. The van der Waals surface area contributed by atoms with Gasteiger partial charge in [0.2, 0.25) is 5.91 Å². The van der Waals surface area contributed by atoms with Crippen LogP contribution in [-0.4, -0.2) is 34.2 Å². The van der Waals surface area contributed by atoms with Gasteiger partial charge in [0.05, 0.1) is 4.92 Å². The summed E-state index contributed by atoms with van der Waals surface area (Å²) in [6.07, 6.45) is 0. The van der Waals surface area contributed by atoms with E-state index in [1.165, 1.54) is 19.1 Å². The highest BCUT2D eigenvalue weighted by molar-refractivity contribution is 6.32. The van der Waals surface area contributed by atoms with Crippen LogP contribution in [0.1, 0.15) is 18.1 Å². The molecule has 3 rings (SSSR count). The van der Waals surface area contributed by atoms with Crippen LogP contribution in [0.3, 0.4) is 0 Å². The zero-order valence-electron chi connectivity index (χ0n) is 15.6. The third kappa shape index (κ3) is 3.77. The molecule has 0 saturated carbocycles. The normalized spacial score (nSPS) is 18.5. The van der Waals surface area contributed by atoms with Gasteiger partial charge in [-0.05, 0) is 31.5 Å². The molecular weight excluding hydrogens is 400 g/mol. The third-order valence-corrected chi connectivity index (χ3v) is 4.94. The average Bonchev–Trinajstić information content (AvgIpc) is 2.87. The van der Waals surface area contributed by atoms with E-state index in [1.807, 2.05) is 0 Å². The summed E-state index contributed by atoms with van der Waals surface area (Å²) >= 11 is 6.16. The average molecular weight is 417 g/mol. The molecule has 1 aliphatic rings. The summed E-state index contributed by atoms with van der Waals surface area (Å²) in [5.74, 6) is -1.40. The number of hydrogen-bond donors (Lipinski definition) is 2. The predicted octanol–water partition coefficient (Wildman–Crippen LogP) is 2.96. The molecule has 9 nitrogen and oxygen atoms in total. The molecule has 150 valence electrons. The Hall–Kier alpha value is -3.46. The highest BCUT2D eigenvalue weighted by Crippen LogP contribution is 2.33.